The van der Waals surface area contributed by atoms with E-state index in [1.165, 1.54) is 25.4 Å². The molecule has 0 fully saturated rings. The maximum absolute atomic E-state index is 12.9. The summed E-state index contributed by atoms with van der Waals surface area (Å²) in [5, 5.41) is 0. The molecule has 0 aliphatic rings. The second-order valence-electron chi connectivity index (χ2n) is 5.25. The molecule has 0 aliphatic carbocycles. The number of carbonyl (C=O) groups is 1. The van der Waals surface area contributed by atoms with E-state index in [-0.39, 0.29) is 17.9 Å². The van der Waals surface area contributed by atoms with Gasteiger partial charge in [0.05, 0.1) is 19.2 Å². The summed E-state index contributed by atoms with van der Waals surface area (Å²) >= 11 is 0. The van der Waals surface area contributed by atoms with Crippen molar-refractivity contribution < 1.29 is 22.7 Å². The van der Waals surface area contributed by atoms with Crippen molar-refractivity contribution in [1.82, 2.24) is 4.98 Å². The van der Waals surface area contributed by atoms with Gasteiger partial charge >= 0.3 is 6.18 Å². The first kappa shape index (κ1) is 17.8. The number of alkyl halides is 3. The molecule has 0 radical (unpaired) electrons. The summed E-state index contributed by atoms with van der Waals surface area (Å²) < 4.78 is 43.9. The van der Waals surface area contributed by atoms with E-state index >= 15 is 0 Å². The molecule has 0 atom stereocenters. The minimum atomic E-state index is -4.53. The van der Waals surface area contributed by atoms with Crippen LogP contribution in [0, 0.1) is 6.92 Å². The molecule has 7 heteroatoms. The number of aromatic nitrogens is 1. The number of rotatable bonds is 5. The quantitative estimate of drug-likeness (QED) is 0.837. The van der Waals surface area contributed by atoms with E-state index < -0.39 is 18.6 Å². The zero-order valence-electron chi connectivity index (χ0n) is 13.3. The highest BCUT2D eigenvalue weighted by Crippen LogP contribution is 2.31. The molecule has 2 rings (SSSR count). The van der Waals surface area contributed by atoms with E-state index in [4.69, 9.17) is 4.74 Å². The van der Waals surface area contributed by atoms with Crippen LogP contribution >= 0.6 is 0 Å². The fourth-order valence-electron chi connectivity index (χ4n) is 2.21. The number of carbonyl (C=O) groups excluding carboxylic acids is 1. The smallest absolute Gasteiger partial charge is 0.406 e. The molecule has 0 unspecified atom stereocenters. The number of amides is 1. The molecule has 2 aromatic rings. The second kappa shape index (κ2) is 7.33. The van der Waals surface area contributed by atoms with Gasteiger partial charge in [-0.1, -0.05) is 18.2 Å². The molecule has 128 valence electrons. The number of hydrogen-bond acceptors (Lipinski definition) is 3. The van der Waals surface area contributed by atoms with Gasteiger partial charge in [0.2, 0.25) is 5.91 Å². The molecule has 0 N–H and O–H groups in total. The average molecular weight is 338 g/mol. The average Bonchev–Trinajstić information content (AvgIpc) is 2.54. The van der Waals surface area contributed by atoms with Gasteiger partial charge in [0.1, 0.15) is 12.3 Å². The van der Waals surface area contributed by atoms with Gasteiger partial charge < -0.3 is 4.74 Å². The van der Waals surface area contributed by atoms with Crippen LogP contribution < -0.4 is 9.64 Å². The number of halogens is 3. The van der Waals surface area contributed by atoms with E-state index in [0.717, 1.165) is 5.69 Å². The third kappa shape index (κ3) is 4.71. The molecular weight excluding hydrogens is 321 g/mol. The summed E-state index contributed by atoms with van der Waals surface area (Å²) in [5.41, 5.74) is 1.40. The standard InChI is InChI=1S/C17H17F3N2O2/c1-12-7-8-13(10-21-12)9-16(23)22(11-17(18,19)20)14-5-3-4-6-15(14)24-2/h3-8,10H,9,11H2,1-2H3. The first-order chi connectivity index (χ1) is 11.3. The largest absolute Gasteiger partial charge is 0.495 e. The minimum Gasteiger partial charge on any atom is -0.495 e. The molecule has 0 bridgehead atoms. The molecule has 0 spiro atoms. The fourth-order valence-corrected chi connectivity index (χ4v) is 2.21. The summed E-state index contributed by atoms with van der Waals surface area (Å²) in [5.74, 6) is -0.473. The Labute approximate surface area is 137 Å². The molecule has 1 heterocycles. The highest BCUT2D eigenvalue weighted by Gasteiger charge is 2.34. The lowest BCUT2D eigenvalue weighted by molar-refractivity contribution is -0.132. The number of nitrogens with zero attached hydrogens (tertiary/aromatic N) is 2. The van der Waals surface area contributed by atoms with Crippen molar-refractivity contribution in [3.8, 4) is 5.75 Å². The molecule has 1 aromatic carbocycles. The lowest BCUT2D eigenvalue weighted by Gasteiger charge is -2.25. The molecule has 4 nitrogen and oxygen atoms in total. The van der Waals surface area contributed by atoms with Gasteiger partial charge in [-0.05, 0) is 30.7 Å². The van der Waals surface area contributed by atoms with E-state index in [1.54, 1.807) is 31.2 Å². The SMILES string of the molecule is COc1ccccc1N(CC(F)(F)F)C(=O)Cc1ccc(C)nc1. The van der Waals surface area contributed by atoms with Crippen molar-refractivity contribution in [2.45, 2.75) is 19.5 Å². The van der Waals surface area contributed by atoms with Gasteiger partial charge in [0, 0.05) is 11.9 Å². The van der Waals surface area contributed by atoms with Crippen molar-refractivity contribution in [2.75, 3.05) is 18.6 Å². The summed E-state index contributed by atoms with van der Waals surface area (Å²) in [6, 6.07) is 9.51. The molecule has 0 saturated carbocycles. The fraction of sp³-hybridized carbons (Fsp3) is 0.294. The van der Waals surface area contributed by atoms with E-state index in [9.17, 15) is 18.0 Å². The highest BCUT2D eigenvalue weighted by atomic mass is 19.4. The third-order valence-corrected chi connectivity index (χ3v) is 3.34. The second-order valence-corrected chi connectivity index (χ2v) is 5.25. The van der Waals surface area contributed by atoms with E-state index in [0.29, 0.717) is 10.5 Å². The van der Waals surface area contributed by atoms with Crippen molar-refractivity contribution >= 4 is 11.6 Å². The first-order valence-electron chi connectivity index (χ1n) is 7.22. The lowest BCUT2D eigenvalue weighted by Crippen LogP contribution is -2.40. The molecule has 0 aliphatic heterocycles. The molecule has 0 saturated heterocycles. The Morgan fingerprint density at radius 3 is 2.50 bits per heavy atom. The van der Waals surface area contributed by atoms with Crippen LogP contribution in [0.1, 0.15) is 11.3 Å². The van der Waals surface area contributed by atoms with E-state index in [2.05, 4.69) is 4.98 Å². The number of anilines is 1. The van der Waals surface area contributed by atoms with Gasteiger partial charge in [-0.15, -0.1) is 0 Å². The van der Waals surface area contributed by atoms with Crippen molar-refractivity contribution in [3.63, 3.8) is 0 Å². The van der Waals surface area contributed by atoms with Gasteiger partial charge in [-0.25, -0.2) is 0 Å². The lowest BCUT2D eigenvalue weighted by atomic mass is 10.1. The number of benzene rings is 1. The van der Waals surface area contributed by atoms with Crippen LogP contribution in [0.15, 0.2) is 42.6 Å². The Kier molecular flexibility index (Phi) is 5.43. The number of hydrogen-bond donors (Lipinski definition) is 0. The molecule has 24 heavy (non-hydrogen) atoms. The van der Waals surface area contributed by atoms with Crippen LogP contribution in [0.2, 0.25) is 0 Å². The third-order valence-electron chi connectivity index (χ3n) is 3.34. The summed E-state index contributed by atoms with van der Waals surface area (Å²) in [4.78, 5) is 17.2. The van der Waals surface area contributed by atoms with Gasteiger partial charge in [-0.3, -0.25) is 14.7 Å². The van der Waals surface area contributed by atoms with Gasteiger partial charge in [0.25, 0.3) is 0 Å². The van der Waals surface area contributed by atoms with Crippen LogP contribution in [0.25, 0.3) is 0 Å². The molecule has 1 amide bonds. The number of aryl methyl sites for hydroxylation is 1. The predicted molar refractivity (Wildman–Crippen MR) is 84.1 cm³/mol. The first-order valence-corrected chi connectivity index (χ1v) is 7.22. The Hall–Kier alpha value is -2.57. The minimum absolute atomic E-state index is 0.0856. The number of methoxy groups -OCH3 is 1. The predicted octanol–water partition coefficient (Wildman–Crippen LogP) is 3.54. The van der Waals surface area contributed by atoms with Gasteiger partial charge in [-0.2, -0.15) is 13.2 Å². The maximum atomic E-state index is 12.9. The maximum Gasteiger partial charge on any atom is 0.406 e. The Morgan fingerprint density at radius 2 is 1.92 bits per heavy atom. The zero-order valence-corrected chi connectivity index (χ0v) is 13.3. The number of pyridine rings is 1. The summed E-state index contributed by atoms with van der Waals surface area (Å²) in [6.45, 7) is 0.405. The van der Waals surface area contributed by atoms with Crippen LogP contribution in [-0.4, -0.2) is 30.7 Å². The summed E-state index contributed by atoms with van der Waals surface area (Å²) in [6.07, 6.45) is -3.22. The Balaban J connectivity index is 2.31. The van der Waals surface area contributed by atoms with Crippen molar-refractivity contribution in [3.05, 3.63) is 53.9 Å². The summed E-state index contributed by atoms with van der Waals surface area (Å²) in [7, 11) is 1.35. The zero-order chi connectivity index (χ0) is 17.7. The molecule has 1 aromatic heterocycles. The van der Waals surface area contributed by atoms with Gasteiger partial charge in [0.15, 0.2) is 0 Å². The monoisotopic (exact) mass is 338 g/mol. The van der Waals surface area contributed by atoms with Crippen LogP contribution in [0.5, 0.6) is 5.75 Å². The Morgan fingerprint density at radius 1 is 1.21 bits per heavy atom. The molecular formula is C17H17F3N2O2. The topological polar surface area (TPSA) is 42.4 Å². The van der Waals surface area contributed by atoms with Crippen LogP contribution in [0.4, 0.5) is 18.9 Å². The van der Waals surface area contributed by atoms with Crippen molar-refractivity contribution in [2.24, 2.45) is 0 Å². The van der Waals surface area contributed by atoms with Crippen LogP contribution in [0.3, 0.4) is 0 Å². The number of ether oxygens (including phenoxy) is 1. The van der Waals surface area contributed by atoms with Crippen LogP contribution in [-0.2, 0) is 11.2 Å². The Bertz CT molecular complexity index is 700. The van der Waals surface area contributed by atoms with Crippen molar-refractivity contribution in [1.29, 1.82) is 0 Å². The normalized spacial score (nSPS) is 11.2. The highest BCUT2D eigenvalue weighted by molar-refractivity contribution is 5.96. The van der Waals surface area contributed by atoms with E-state index in [1.807, 2.05) is 0 Å². The number of para-hydroxylation sites is 2.